The molecule has 0 bridgehead atoms. The number of carbonyl (C=O) groups is 4. The molecule has 3 N–H and O–H groups in total. The van der Waals surface area contributed by atoms with E-state index in [1.807, 2.05) is 13.8 Å². The fraction of sp³-hybridized carbons (Fsp3) is 0.733. The van der Waals surface area contributed by atoms with E-state index < -0.39 is 11.3 Å². The maximum Gasteiger partial charge on any atom is 0.242 e. The predicted molar refractivity (Wildman–Crippen MR) is 88.8 cm³/mol. The van der Waals surface area contributed by atoms with Crippen molar-refractivity contribution in [1.29, 1.82) is 0 Å². The van der Waals surface area contributed by atoms with Crippen LogP contribution in [-0.2, 0) is 19.2 Å². The number of hydrogen-bond acceptors (Lipinski definition) is 6. The summed E-state index contributed by atoms with van der Waals surface area (Å²) in [6, 6.07) is -0.637. The number of nitrogens with one attached hydrogen (secondary N) is 1. The van der Waals surface area contributed by atoms with Gasteiger partial charge in [0.15, 0.2) is 5.78 Å². The van der Waals surface area contributed by atoms with Crippen molar-refractivity contribution in [2.45, 2.75) is 50.8 Å². The maximum absolute atomic E-state index is 11.8. The molecule has 8 heteroatoms. The first kappa shape index (κ1) is 19.6. The molecule has 0 radical (unpaired) electrons. The summed E-state index contributed by atoms with van der Waals surface area (Å²) in [4.78, 5) is 47.8. The molecular formula is C15H25N3O4S. The zero-order valence-corrected chi connectivity index (χ0v) is 14.5. The van der Waals surface area contributed by atoms with Crippen molar-refractivity contribution in [3.05, 3.63) is 0 Å². The Hall–Kier alpha value is -1.41. The third kappa shape index (κ3) is 5.62. The molecule has 23 heavy (non-hydrogen) atoms. The average Bonchev–Trinajstić information content (AvgIpc) is 2.77. The van der Waals surface area contributed by atoms with Crippen LogP contribution in [0.1, 0.15) is 39.5 Å². The molecule has 7 nitrogen and oxygen atoms in total. The summed E-state index contributed by atoms with van der Waals surface area (Å²) in [7, 11) is 0. The number of rotatable bonds is 9. The van der Waals surface area contributed by atoms with E-state index in [2.05, 4.69) is 17.9 Å². The number of ketones is 1. The predicted octanol–water partition coefficient (Wildman–Crippen LogP) is -0.117. The van der Waals surface area contributed by atoms with E-state index in [1.165, 1.54) is 0 Å². The number of Topliss-reactive ketones (excluding diaryl/α,β-unsaturated/α-hetero) is 1. The highest BCUT2D eigenvalue weighted by Crippen LogP contribution is 2.16. The molecule has 3 amide bonds. The smallest absolute Gasteiger partial charge is 0.242 e. The molecule has 1 fully saturated rings. The minimum Gasteiger partial charge on any atom is -0.354 e. The molecule has 1 heterocycles. The van der Waals surface area contributed by atoms with Gasteiger partial charge in [0.25, 0.3) is 0 Å². The van der Waals surface area contributed by atoms with Gasteiger partial charge in [0, 0.05) is 31.8 Å². The van der Waals surface area contributed by atoms with Crippen molar-refractivity contribution in [2.24, 2.45) is 11.7 Å². The highest BCUT2D eigenvalue weighted by atomic mass is 32.1. The van der Waals surface area contributed by atoms with Gasteiger partial charge in [0.2, 0.25) is 17.7 Å². The van der Waals surface area contributed by atoms with Crippen molar-refractivity contribution >= 4 is 36.1 Å². The summed E-state index contributed by atoms with van der Waals surface area (Å²) in [6.45, 7) is 4.06. The van der Waals surface area contributed by atoms with Crippen LogP contribution in [0.15, 0.2) is 0 Å². The Kier molecular flexibility index (Phi) is 7.70. The van der Waals surface area contributed by atoms with Gasteiger partial charge in [0.1, 0.15) is 0 Å². The van der Waals surface area contributed by atoms with Gasteiger partial charge in [-0.1, -0.05) is 13.8 Å². The molecule has 0 aliphatic carbocycles. The minimum absolute atomic E-state index is 0.0339. The summed E-state index contributed by atoms with van der Waals surface area (Å²) < 4.78 is 0. The van der Waals surface area contributed by atoms with Crippen molar-refractivity contribution in [2.75, 3.05) is 13.1 Å². The second kappa shape index (κ2) is 9.02. The van der Waals surface area contributed by atoms with E-state index >= 15 is 0 Å². The summed E-state index contributed by atoms with van der Waals surface area (Å²) in [6.07, 6.45) is 1.25. The number of thiol groups is 1. The zero-order valence-electron chi connectivity index (χ0n) is 13.6. The van der Waals surface area contributed by atoms with Crippen LogP contribution in [0, 0.1) is 5.92 Å². The largest absolute Gasteiger partial charge is 0.354 e. The Morgan fingerprint density at radius 1 is 1.43 bits per heavy atom. The lowest BCUT2D eigenvalue weighted by Gasteiger charge is -2.16. The second-order valence-corrected chi connectivity index (χ2v) is 6.43. The standard InChI is InChI=1S/C15H25N3O4S/c1-3-9(2)14(21)10(16)4-5-12(19)17-6-7-18-13(20)8-11(23)15(18)22/h9-11,23H,3-8,16H2,1-2H3,(H,17,19). The van der Waals surface area contributed by atoms with Gasteiger partial charge in [-0.3, -0.25) is 24.1 Å². The molecule has 1 aliphatic heterocycles. The fourth-order valence-electron chi connectivity index (χ4n) is 2.29. The van der Waals surface area contributed by atoms with Crippen LogP contribution in [0.3, 0.4) is 0 Å². The van der Waals surface area contributed by atoms with Gasteiger partial charge in [-0.25, -0.2) is 0 Å². The third-order valence-electron chi connectivity index (χ3n) is 4.02. The van der Waals surface area contributed by atoms with Gasteiger partial charge in [-0.2, -0.15) is 12.6 Å². The second-order valence-electron chi connectivity index (χ2n) is 5.81. The van der Waals surface area contributed by atoms with Crippen LogP contribution in [0.5, 0.6) is 0 Å². The summed E-state index contributed by atoms with van der Waals surface area (Å²) in [5, 5.41) is 2.05. The monoisotopic (exact) mass is 343 g/mol. The lowest BCUT2D eigenvalue weighted by Crippen LogP contribution is -2.39. The van der Waals surface area contributed by atoms with Crippen molar-refractivity contribution in [3.63, 3.8) is 0 Å². The van der Waals surface area contributed by atoms with E-state index in [0.717, 1.165) is 11.3 Å². The van der Waals surface area contributed by atoms with Gasteiger partial charge < -0.3 is 11.1 Å². The Labute approximate surface area is 141 Å². The van der Waals surface area contributed by atoms with Gasteiger partial charge >= 0.3 is 0 Å². The number of hydrogen-bond donors (Lipinski definition) is 3. The van der Waals surface area contributed by atoms with E-state index in [1.54, 1.807) is 0 Å². The van der Waals surface area contributed by atoms with Crippen molar-refractivity contribution in [1.82, 2.24) is 10.2 Å². The van der Waals surface area contributed by atoms with E-state index in [0.29, 0.717) is 0 Å². The number of imide groups is 1. The summed E-state index contributed by atoms with van der Waals surface area (Å²) in [5.74, 6) is -0.985. The summed E-state index contributed by atoms with van der Waals surface area (Å²) in [5.41, 5.74) is 5.79. The van der Waals surface area contributed by atoms with E-state index in [-0.39, 0.29) is 61.8 Å². The first-order chi connectivity index (χ1) is 10.8. The normalized spacial score (nSPS) is 20.5. The third-order valence-corrected chi connectivity index (χ3v) is 4.43. The molecule has 0 saturated carbocycles. The maximum atomic E-state index is 11.8. The van der Waals surface area contributed by atoms with Gasteiger partial charge in [-0.15, -0.1) is 0 Å². The molecule has 0 aromatic rings. The zero-order chi connectivity index (χ0) is 17.6. The number of likely N-dealkylation sites (tertiary alicyclic amines) is 1. The number of nitrogens with zero attached hydrogens (tertiary/aromatic N) is 1. The van der Waals surface area contributed by atoms with Crippen LogP contribution < -0.4 is 11.1 Å². The Balaban J connectivity index is 2.26. The SMILES string of the molecule is CCC(C)C(=O)C(N)CCC(=O)NCCN1C(=O)CC(S)C1=O. The van der Waals surface area contributed by atoms with E-state index in [9.17, 15) is 19.2 Å². The molecule has 1 saturated heterocycles. The Morgan fingerprint density at radius 3 is 2.61 bits per heavy atom. The summed E-state index contributed by atoms with van der Waals surface area (Å²) >= 11 is 4.02. The topological polar surface area (TPSA) is 110 Å². The van der Waals surface area contributed by atoms with Crippen LogP contribution >= 0.6 is 12.6 Å². The average molecular weight is 343 g/mol. The molecule has 1 aliphatic rings. The van der Waals surface area contributed by atoms with Crippen LogP contribution in [0.4, 0.5) is 0 Å². The highest BCUT2D eigenvalue weighted by Gasteiger charge is 2.35. The van der Waals surface area contributed by atoms with Crippen molar-refractivity contribution in [3.8, 4) is 0 Å². The minimum atomic E-state index is -0.637. The molecule has 0 aromatic carbocycles. The van der Waals surface area contributed by atoms with Crippen LogP contribution in [-0.4, -0.2) is 52.8 Å². The van der Waals surface area contributed by atoms with Crippen molar-refractivity contribution < 1.29 is 19.2 Å². The Bertz CT molecular complexity index is 483. The van der Waals surface area contributed by atoms with Crippen LogP contribution in [0.25, 0.3) is 0 Å². The van der Waals surface area contributed by atoms with Gasteiger partial charge in [-0.05, 0) is 12.8 Å². The highest BCUT2D eigenvalue weighted by molar-refractivity contribution is 7.81. The molecule has 3 unspecified atom stereocenters. The van der Waals surface area contributed by atoms with Gasteiger partial charge in [0.05, 0.1) is 11.3 Å². The lowest BCUT2D eigenvalue weighted by molar-refractivity contribution is -0.138. The quantitative estimate of drug-likeness (QED) is 0.399. The first-order valence-electron chi connectivity index (χ1n) is 7.86. The van der Waals surface area contributed by atoms with Crippen LogP contribution in [0.2, 0.25) is 0 Å². The molecular weight excluding hydrogens is 318 g/mol. The Morgan fingerprint density at radius 2 is 2.09 bits per heavy atom. The lowest BCUT2D eigenvalue weighted by atomic mass is 9.95. The number of carbonyl (C=O) groups excluding carboxylic acids is 4. The van der Waals surface area contributed by atoms with E-state index in [4.69, 9.17) is 5.73 Å². The molecule has 130 valence electrons. The first-order valence-corrected chi connectivity index (χ1v) is 8.37. The fourth-order valence-corrected chi connectivity index (χ4v) is 2.59. The number of amides is 3. The molecule has 0 aromatic heterocycles. The number of nitrogens with two attached hydrogens (primary N) is 1. The molecule has 3 atom stereocenters. The molecule has 0 spiro atoms. The molecule has 1 rings (SSSR count).